The third kappa shape index (κ3) is 3.52. The molecule has 0 aromatic carbocycles. The molecular weight excluding hydrogens is 252 g/mol. The van der Waals surface area contributed by atoms with E-state index in [1.54, 1.807) is 6.92 Å². The topological polar surface area (TPSA) is 126 Å². The summed E-state index contributed by atoms with van der Waals surface area (Å²) in [7, 11) is 1.50. The molecule has 104 valence electrons. The van der Waals surface area contributed by atoms with Gasteiger partial charge < -0.3 is 15.6 Å². The van der Waals surface area contributed by atoms with E-state index in [0.29, 0.717) is 6.54 Å². The standard InChI is InChI=1S/C10H16N6O3/c1-3-15(6-9(17)12-2)10-7(16(18)19)4-5-8(13-10)14-11/h4-5H,3,6,11H2,1-2H3,(H,12,17)(H,13,14). The highest BCUT2D eigenvalue weighted by Crippen LogP contribution is 2.27. The van der Waals surface area contributed by atoms with Crippen molar-refractivity contribution in [2.24, 2.45) is 5.84 Å². The number of carbonyl (C=O) groups is 1. The van der Waals surface area contributed by atoms with Gasteiger partial charge in [0.05, 0.1) is 11.5 Å². The van der Waals surface area contributed by atoms with Gasteiger partial charge in [0, 0.05) is 19.7 Å². The van der Waals surface area contributed by atoms with Crippen LogP contribution in [0.2, 0.25) is 0 Å². The van der Waals surface area contributed by atoms with Crippen LogP contribution < -0.4 is 21.5 Å². The first-order valence-corrected chi connectivity index (χ1v) is 5.61. The van der Waals surface area contributed by atoms with Crippen LogP contribution in [0.4, 0.5) is 17.3 Å². The largest absolute Gasteiger partial charge is 0.358 e. The maximum atomic E-state index is 11.4. The van der Waals surface area contributed by atoms with E-state index in [-0.39, 0.29) is 29.8 Å². The van der Waals surface area contributed by atoms with Crippen LogP contribution in [0.15, 0.2) is 12.1 Å². The Balaban J connectivity index is 3.18. The minimum atomic E-state index is -0.546. The van der Waals surface area contributed by atoms with Crippen LogP contribution in [0.3, 0.4) is 0 Å². The molecule has 9 nitrogen and oxygen atoms in total. The quantitative estimate of drug-likeness (QED) is 0.372. The van der Waals surface area contributed by atoms with E-state index in [1.807, 2.05) is 0 Å². The number of aromatic nitrogens is 1. The molecule has 0 aliphatic rings. The number of carbonyl (C=O) groups excluding carboxylic acids is 1. The summed E-state index contributed by atoms with van der Waals surface area (Å²) < 4.78 is 0. The van der Waals surface area contributed by atoms with Crippen molar-refractivity contribution in [3.63, 3.8) is 0 Å². The van der Waals surface area contributed by atoms with E-state index in [9.17, 15) is 14.9 Å². The fourth-order valence-electron chi connectivity index (χ4n) is 1.49. The number of amides is 1. The zero-order valence-corrected chi connectivity index (χ0v) is 10.7. The molecule has 0 aliphatic heterocycles. The van der Waals surface area contributed by atoms with Gasteiger partial charge in [-0.05, 0) is 13.0 Å². The average molecular weight is 268 g/mol. The Labute approximate surface area is 109 Å². The van der Waals surface area contributed by atoms with Crippen molar-refractivity contribution in [3.8, 4) is 0 Å². The highest BCUT2D eigenvalue weighted by atomic mass is 16.6. The molecule has 0 spiro atoms. The second-order valence-corrected chi connectivity index (χ2v) is 3.63. The van der Waals surface area contributed by atoms with Gasteiger partial charge in [0.1, 0.15) is 5.82 Å². The second-order valence-electron chi connectivity index (χ2n) is 3.63. The molecule has 0 aliphatic carbocycles. The molecule has 1 aromatic rings. The normalized spacial score (nSPS) is 9.84. The van der Waals surface area contributed by atoms with Gasteiger partial charge in [-0.15, -0.1) is 0 Å². The third-order valence-corrected chi connectivity index (χ3v) is 2.49. The number of nitrogens with two attached hydrogens (primary N) is 1. The Bertz CT molecular complexity index is 478. The lowest BCUT2D eigenvalue weighted by atomic mass is 10.3. The summed E-state index contributed by atoms with van der Waals surface area (Å²) in [5, 5.41) is 13.4. The van der Waals surface area contributed by atoms with Crippen LogP contribution in [-0.4, -0.2) is 36.0 Å². The Morgan fingerprint density at radius 3 is 2.74 bits per heavy atom. The van der Waals surface area contributed by atoms with Gasteiger partial charge in [-0.2, -0.15) is 0 Å². The highest BCUT2D eigenvalue weighted by molar-refractivity contribution is 5.81. The SMILES string of the molecule is CCN(CC(=O)NC)c1nc(NN)ccc1[N+](=O)[O-]. The lowest BCUT2D eigenvalue weighted by Crippen LogP contribution is -2.36. The molecule has 1 heterocycles. The molecule has 0 bridgehead atoms. The fraction of sp³-hybridized carbons (Fsp3) is 0.400. The van der Waals surface area contributed by atoms with E-state index in [0.717, 1.165) is 0 Å². The minimum Gasteiger partial charge on any atom is -0.358 e. The molecule has 0 fully saturated rings. The monoisotopic (exact) mass is 268 g/mol. The van der Waals surface area contributed by atoms with Gasteiger partial charge >= 0.3 is 5.69 Å². The minimum absolute atomic E-state index is 0.0190. The summed E-state index contributed by atoms with van der Waals surface area (Å²) in [6, 6.07) is 2.69. The lowest BCUT2D eigenvalue weighted by Gasteiger charge is -2.21. The first-order chi connectivity index (χ1) is 9.03. The van der Waals surface area contributed by atoms with Crippen molar-refractivity contribution in [3.05, 3.63) is 22.2 Å². The zero-order valence-electron chi connectivity index (χ0n) is 10.7. The van der Waals surface area contributed by atoms with Crippen molar-refractivity contribution in [2.45, 2.75) is 6.92 Å². The van der Waals surface area contributed by atoms with Crippen molar-refractivity contribution < 1.29 is 9.72 Å². The first kappa shape index (κ1) is 14.6. The van der Waals surface area contributed by atoms with E-state index in [1.165, 1.54) is 24.1 Å². The number of nitrogens with zero attached hydrogens (tertiary/aromatic N) is 3. The van der Waals surface area contributed by atoms with Crippen LogP contribution in [0.25, 0.3) is 0 Å². The number of hydrogen-bond donors (Lipinski definition) is 3. The van der Waals surface area contributed by atoms with Crippen LogP contribution in [-0.2, 0) is 4.79 Å². The van der Waals surface area contributed by atoms with Crippen LogP contribution in [0, 0.1) is 10.1 Å². The van der Waals surface area contributed by atoms with Gasteiger partial charge in [0.25, 0.3) is 0 Å². The molecule has 0 saturated carbocycles. The summed E-state index contributed by atoms with van der Waals surface area (Å²) in [6.45, 7) is 2.15. The number of hydrogen-bond acceptors (Lipinski definition) is 7. The van der Waals surface area contributed by atoms with E-state index in [4.69, 9.17) is 5.84 Å². The van der Waals surface area contributed by atoms with Crippen LogP contribution >= 0.6 is 0 Å². The lowest BCUT2D eigenvalue weighted by molar-refractivity contribution is -0.384. The fourth-order valence-corrected chi connectivity index (χ4v) is 1.49. The van der Waals surface area contributed by atoms with Crippen molar-refractivity contribution in [1.82, 2.24) is 10.3 Å². The molecule has 0 unspecified atom stereocenters. The average Bonchev–Trinajstić information content (AvgIpc) is 2.43. The zero-order chi connectivity index (χ0) is 14.4. The van der Waals surface area contributed by atoms with Gasteiger partial charge in [0.2, 0.25) is 11.7 Å². The van der Waals surface area contributed by atoms with Gasteiger partial charge in [0.15, 0.2) is 0 Å². The molecule has 1 rings (SSSR count). The number of rotatable bonds is 6. The Morgan fingerprint density at radius 2 is 2.26 bits per heavy atom. The molecular formula is C10H16N6O3. The van der Waals surface area contributed by atoms with Gasteiger partial charge in [-0.25, -0.2) is 10.8 Å². The summed E-state index contributed by atoms with van der Waals surface area (Å²) >= 11 is 0. The highest BCUT2D eigenvalue weighted by Gasteiger charge is 2.22. The maximum absolute atomic E-state index is 11.4. The van der Waals surface area contributed by atoms with E-state index < -0.39 is 4.92 Å². The number of nitro groups is 1. The number of nitrogens with one attached hydrogen (secondary N) is 2. The number of anilines is 2. The summed E-state index contributed by atoms with van der Waals surface area (Å²) in [4.78, 5) is 27.4. The van der Waals surface area contributed by atoms with E-state index in [2.05, 4.69) is 15.7 Å². The molecule has 9 heteroatoms. The molecule has 1 amide bonds. The Morgan fingerprint density at radius 1 is 1.58 bits per heavy atom. The Hall–Kier alpha value is -2.42. The smallest absolute Gasteiger partial charge is 0.311 e. The predicted octanol–water partition coefficient (Wildman–Crippen LogP) is -0.152. The molecule has 1 aromatic heterocycles. The molecule has 19 heavy (non-hydrogen) atoms. The molecule has 0 radical (unpaired) electrons. The number of nitrogen functional groups attached to an aromatic ring is 1. The van der Waals surface area contributed by atoms with E-state index >= 15 is 0 Å². The van der Waals surface area contributed by atoms with Gasteiger partial charge in [-0.1, -0.05) is 0 Å². The van der Waals surface area contributed by atoms with Crippen LogP contribution in [0.5, 0.6) is 0 Å². The number of pyridine rings is 1. The first-order valence-electron chi connectivity index (χ1n) is 5.61. The molecule has 0 atom stereocenters. The third-order valence-electron chi connectivity index (χ3n) is 2.49. The predicted molar refractivity (Wildman–Crippen MR) is 70.7 cm³/mol. The molecule has 0 saturated heterocycles. The van der Waals surface area contributed by atoms with Gasteiger partial charge in [-0.3, -0.25) is 14.9 Å². The maximum Gasteiger partial charge on any atom is 0.311 e. The second kappa shape index (κ2) is 6.50. The van der Waals surface area contributed by atoms with Crippen LogP contribution in [0.1, 0.15) is 6.92 Å². The van der Waals surface area contributed by atoms with Crippen molar-refractivity contribution >= 4 is 23.2 Å². The Kier molecular flexibility index (Phi) is 5.01. The van der Waals surface area contributed by atoms with Crippen molar-refractivity contribution in [1.29, 1.82) is 0 Å². The van der Waals surface area contributed by atoms with Crippen molar-refractivity contribution in [2.75, 3.05) is 30.5 Å². The molecule has 4 N–H and O–H groups in total. The summed E-state index contributed by atoms with van der Waals surface area (Å²) in [5.74, 6) is 5.36. The summed E-state index contributed by atoms with van der Waals surface area (Å²) in [5.41, 5.74) is 2.14. The number of likely N-dealkylation sites (N-methyl/N-ethyl adjacent to an activating group) is 2. The number of hydrazine groups is 1. The summed E-state index contributed by atoms with van der Waals surface area (Å²) in [6.07, 6.45) is 0.